The number of aromatic carboxylic acids is 1. The number of rotatable bonds is 6. The highest BCUT2D eigenvalue weighted by atomic mass is 19.4. The molecule has 0 bridgehead atoms. The molecular formula is C14H15F3N4O2. The molecule has 6 nitrogen and oxygen atoms in total. The van der Waals surface area contributed by atoms with E-state index in [2.05, 4.69) is 15.4 Å². The van der Waals surface area contributed by atoms with Crippen molar-refractivity contribution in [3.63, 3.8) is 0 Å². The summed E-state index contributed by atoms with van der Waals surface area (Å²) < 4.78 is 38.6. The number of nitrogens with zero attached hydrogens (tertiary/aromatic N) is 3. The zero-order valence-electron chi connectivity index (χ0n) is 12.2. The molecule has 23 heavy (non-hydrogen) atoms. The summed E-state index contributed by atoms with van der Waals surface area (Å²) in [6.07, 6.45) is -1.92. The highest BCUT2D eigenvalue weighted by molar-refractivity contribution is 5.87. The molecule has 1 unspecified atom stereocenters. The number of carbonyl (C=O) groups is 1. The van der Waals surface area contributed by atoms with E-state index in [1.165, 1.54) is 29.2 Å². The number of nitrogens with one attached hydrogen (secondary N) is 1. The van der Waals surface area contributed by atoms with Crippen LogP contribution in [0.5, 0.6) is 0 Å². The zero-order chi connectivity index (χ0) is 17.0. The van der Waals surface area contributed by atoms with Crippen LogP contribution in [0.2, 0.25) is 0 Å². The molecule has 0 aliphatic carbocycles. The molecule has 0 aromatic carbocycles. The molecule has 0 saturated heterocycles. The lowest BCUT2D eigenvalue weighted by Gasteiger charge is -2.13. The van der Waals surface area contributed by atoms with E-state index in [4.69, 9.17) is 5.11 Å². The number of alkyl halides is 3. The average Bonchev–Trinajstić information content (AvgIpc) is 2.94. The molecule has 124 valence electrons. The van der Waals surface area contributed by atoms with Gasteiger partial charge in [-0.25, -0.2) is 9.78 Å². The maximum absolute atomic E-state index is 12.5. The third kappa shape index (κ3) is 4.70. The molecule has 0 amide bonds. The van der Waals surface area contributed by atoms with Crippen LogP contribution >= 0.6 is 0 Å². The fourth-order valence-corrected chi connectivity index (χ4v) is 1.90. The molecule has 1 atom stereocenters. The number of pyridine rings is 1. The highest BCUT2D eigenvalue weighted by Gasteiger charge is 2.33. The number of carboxylic acid groups (broad SMARTS) is 1. The van der Waals surface area contributed by atoms with Gasteiger partial charge in [0.15, 0.2) is 5.69 Å². The predicted molar refractivity (Wildman–Crippen MR) is 76.1 cm³/mol. The molecule has 0 aliphatic heterocycles. The fraction of sp³-hybridized carbons (Fsp3) is 0.357. The van der Waals surface area contributed by atoms with Crippen molar-refractivity contribution in [2.45, 2.75) is 19.6 Å². The fourth-order valence-electron chi connectivity index (χ4n) is 1.90. The topological polar surface area (TPSA) is 80.0 Å². The van der Waals surface area contributed by atoms with Gasteiger partial charge in [0.2, 0.25) is 0 Å². The van der Waals surface area contributed by atoms with Gasteiger partial charge in [0, 0.05) is 25.5 Å². The molecule has 2 aromatic rings. The van der Waals surface area contributed by atoms with Crippen molar-refractivity contribution in [3.05, 3.63) is 41.9 Å². The van der Waals surface area contributed by atoms with E-state index in [9.17, 15) is 18.0 Å². The van der Waals surface area contributed by atoms with Crippen molar-refractivity contribution in [2.24, 2.45) is 5.92 Å². The lowest BCUT2D eigenvalue weighted by atomic mass is 10.2. The standard InChI is InChI=1S/C14H15F3N4O2/c1-9(8-21-5-4-11(20-21)14(15,16)17)6-18-12-3-2-10(7-19-12)13(22)23/h2-5,7,9H,6,8H2,1H3,(H,18,19)(H,22,23). The Bertz CT molecular complexity index is 667. The Labute approximate surface area is 130 Å². The maximum atomic E-state index is 12.5. The number of aromatic nitrogens is 3. The molecular weight excluding hydrogens is 313 g/mol. The smallest absolute Gasteiger partial charge is 0.435 e. The maximum Gasteiger partial charge on any atom is 0.435 e. The van der Waals surface area contributed by atoms with Gasteiger partial charge in [0.05, 0.1) is 5.56 Å². The van der Waals surface area contributed by atoms with Crippen LogP contribution in [0.1, 0.15) is 23.0 Å². The Balaban J connectivity index is 1.86. The molecule has 0 spiro atoms. The minimum absolute atomic E-state index is 0.00284. The third-order valence-electron chi connectivity index (χ3n) is 3.07. The van der Waals surface area contributed by atoms with Crippen LogP contribution in [-0.4, -0.2) is 32.4 Å². The summed E-state index contributed by atoms with van der Waals surface area (Å²) >= 11 is 0. The first-order valence-electron chi connectivity index (χ1n) is 6.79. The second-order valence-corrected chi connectivity index (χ2v) is 5.14. The number of hydrogen-bond acceptors (Lipinski definition) is 4. The second-order valence-electron chi connectivity index (χ2n) is 5.14. The van der Waals surface area contributed by atoms with Gasteiger partial charge in [0.1, 0.15) is 5.82 Å². The SMILES string of the molecule is CC(CNc1ccc(C(=O)O)cn1)Cn1ccc(C(F)(F)F)n1. The Morgan fingerprint density at radius 1 is 1.39 bits per heavy atom. The van der Waals surface area contributed by atoms with Gasteiger partial charge >= 0.3 is 12.1 Å². The first-order chi connectivity index (χ1) is 10.8. The Morgan fingerprint density at radius 2 is 2.13 bits per heavy atom. The van der Waals surface area contributed by atoms with Gasteiger partial charge < -0.3 is 10.4 Å². The van der Waals surface area contributed by atoms with Gasteiger partial charge in [-0.05, 0) is 24.1 Å². The van der Waals surface area contributed by atoms with E-state index in [0.29, 0.717) is 18.9 Å². The molecule has 9 heteroatoms. The zero-order valence-corrected chi connectivity index (χ0v) is 12.2. The Hall–Kier alpha value is -2.58. The normalized spacial score (nSPS) is 12.9. The molecule has 2 N–H and O–H groups in total. The summed E-state index contributed by atoms with van der Waals surface area (Å²) in [6.45, 7) is 2.63. The second kappa shape index (κ2) is 6.67. The molecule has 2 heterocycles. The van der Waals surface area contributed by atoms with Crippen molar-refractivity contribution in [2.75, 3.05) is 11.9 Å². The molecule has 2 aromatic heterocycles. The molecule has 2 rings (SSSR count). The molecule has 0 radical (unpaired) electrons. The van der Waals surface area contributed by atoms with Crippen molar-refractivity contribution in [3.8, 4) is 0 Å². The van der Waals surface area contributed by atoms with Gasteiger partial charge in [-0.3, -0.25) is 4.68 Å². The van der Waals surface area contributed by atoms with Crippen LogP contribution in [0.3, 0.4) is 0 Å². The predicted octanol–water partition coefficient (Wildman–Crippen LogP) is 2.74. The van der Waals surface area contributed by atoms with Gasteiger partial charge in [-0.1, -0.05) is 6.92 Å². The number of hydrogen-bond donors (Lipinski definition) is 2. The summed E-state index contributed by atoms with van der Waals surface area (Å²) in [5.41, 5.74) is -0.830. The quantitative estimate of drug-likeness (QED) is 0.852. The number of carboxylic acids is 1. The minimum Gasteiger partial charge on any atom is -0.478 e. The first-order valence-corrected chi connectivity index (χ1v) is 6.79. The van der Waals surface area contributed by atoms with Crippen molar-refractivity contribution < 1.29 is 23.1 Å². The van der Waals surface area contributed by atoms with Gasteiger partial charge in [0.25, 0.3) is 0 Å². The van der Waals surface area contributed by atoms with Crippen LogP contribution < -0.4 is 5.32 Å². The van der Waals surface area contributed by atoms with E-state index in [1.54, 1.807) is 0 Å². The molecule has 0 aliphatic rings. The lowest BCUT2D eigenvalue weighted by Crippen LogP contribution is -2.18. The monoisotopic (exact) mass is 328 g/mol. The first kappa shape index (κ1) is 16.8. The van der Waals surface area contributed by atoms with Crippen LogP contribution in [0, 0.1) is 5.92 Å². The van der Waals surface area contributed by atoms with Crippen LogP contribution in [0.25, 0.3) is 0 Å². The highest BCUT2D eigenvalue weighted by Crippen LogP contribution is 2.27. The Morgan fingerprint density at radius 3 is 2.65 bits per heavy atom. The number of halogens is 3. The van der Waals surface area contributed by atoms with E-state index < -0.39 is 17.8 Å². The summed E-state index contributed by atoms with van der Waals surface area (Å²) in [5, 5.41) is 15.3. The Kier molecular flexibility index (Phi) is 4.87. The van der Waals surface area contributed by atoms with Crippen LogP contribution in [0.15, 0.2) is 30.6 Å². The number of anilines is 1. The summed E-state index contributed by atoms with van der Waals surface area (Å²) in [7, 11) is 0. The third-order valence-corrected chi connectivity index (χ3v) is 3.07. The van der Waals surface area contributed by atoms with E-state index in [-0.39, 0.29) is 11.5 Å². The van der Waals surface area contributed by atoms with Gasteiger partial charge in [-0.15, -0.1) is 0 Å². The van der Waals surface area contributed by atoms with Crippen LogP contribution in [-0.2, 0) is 12.7 Å². The summed E-state index contributed by atoms with van der Waals surface area (Å²) in [4.78, 5) is 14.7. The van der Waals surface area contributed by atoms with Crippen molar-refractivity contribution in [1.29, 1.82) is 0 Å². The van der Waals surface area contributed by atoms with E-state index in [0.717, 1.165) is 6.07 Å². The van der Waals surface area contributed by atoms with Crippen LogP contribution in [0.4, 0.5) is 19.0 Å². The molecule has 0 fully saturated rings. The summed E-state index contributed by atoms with van der Waals surface area (Å²) in [6, 6.07) is 3.89. The van der Waals surface area contributed by atoms with Gasteiger partial charge in [-0.2, -0.15) is 18.3 Å². The van der Waals surface area contributed by atoms with Crippen molar-refractivity contribution in [1.82, 2.24) is 14.8 Å². The van der Waals surface area contributed by atoms with E-state index in [1.807, 2.05) is 6.92 Å². The average molecular weight is 328 g/mol. The minimum atomic E-state index is -4.44. The largest absolute Gasteiger partial charge is 0.478 e. The summed E-state index contributed by atoms with van der Waals surface area (Å²) in [5.74, 6) is -0.563. The lowest BCUT2D eigenvalue weighted by molar-refractivity contribution is -0.141. The van der Waals surface area contributed by atoms with E-state index >= 15 is 0 Å². The molecule has 0 saturated carbocycles. The van der Waals surface area contributed by atoms with Crippen molar-refractivity contribution >= 4 is 11.8 Å².